The number of hydrogen-bond donors (Lipinski definition) is 1. The zero-order chi connectivity index (χ0) is 20.6. The Morgan fingerprint density at radius 2 is 1.66 bits per heavy atom. The Morgan fingerprint density at radius 1 is 1.00 bits per heavy atom. The van der Waals surface area contributed by atoms with Crippen molar-refractivity contribution in [2.75, 3.05) is 17.7 Å². The number of carbonyl (C=O) groups excluding carboxylic acids is 1. The largest absolute Gasteiger partial charge is 0.351 e. The fraction of sp³-hybridized carbons (Fsp3) is 0.190. The van der Waals surface area contributed by atoms with E-state index in [4.69, 9.17) is 5.73 Å². The molecule has 1 aromatic carbocycles. The van der Waals surface area contributed by atoms with Gasteiger partial charge in [0.25, 0.3) is 0 Å². The molecule has 148 valence electrons. The second-order valence-corrected chi connectivity index (χ2v) is 9.07. The maximum atomic E-state index is 11.7. The lowest BCUT2D eigenvalue weighted by molar-refractivity contribution is 0.253. The number of nitrogens with two attached hydrogens (primary N) is 1. The Hall–Kier alpha value is -3.26. The molecule has 3 aromatic rings. The van der Waals surface area contributed by atoms with Crippen LogP contribution in [-0.2, 0) is 16.3 Å². The zero-order valence-electron chi connectivity index (χ0n) is 15.9. The normalized spacial score (nSPS) is 13.8. The number of benzene rings is 1. The van der Waals surface area contributed by atoms with Crippen LogP contribution in [0.25, 0.3) is 22.3 Å². The van der Waals surface area contributed by atoms with Crippen molar-refractivity contribution < 1.29 is 13.2 Å². The number of aromatic nitrogens is 2. The van der Waals surface area contributed by atoms with E-state index in [0.29, 0.717) is 12.4 Å². The van der Waals surface area contributed by atoms with Crippen LogP contribution >= 0.6 is 0 Å². The first-order chi connectivity index (χ1) is 13.8. The fourth-order valence-electron chi connectivity index (χ4n) is 3.49. The van der Waals surface area contributed by atoms with Crippen LogP contribution in [0.1, 0.15) is 12.0 Å². The van der Waals surface area contributed by atoms with E-state index in [1.54, 1.807) is 42.9 Å². The molecule has 0 saturated heterocycles. The number of rotatable bonds is 3. The summed E-state index contributed by atoms with van der Waals surface area (Å²) in [6.45, 7) is 0.579. The quantitative estimate of drug-likeness (QED) is 0.717. The topological polar surface area (TPSA) is 106 Å². The average molecular weight is 408 g/mol. The minimum Gasteiger partial charge on any atom is -0.351 e. The number of fused-ring (bicyclic) bond motifs is 1. The molecule has 0 bridgehead atoms. The molecule has 3 heterocycles. The van der Waals surface area contributed by atoms with Crippen molar-refractivity contribution in [3.05, 3.63) is 60.6 Å². The molecule has 0 spiro atoms. The van der Waals surface area contributed by atoms with Gasteiger partial charge in [-0.3, -0.25) is 9.88 Å². The van der Waals surface area contributed by atoms with Crippen LogP contribution in [0.3, 0.4) is 0 Å². The molecule has 1 aliphatic rings. The molecule has 1 aliphatic heterocycles. The van der Waals surface area contributed by atoms with Gasteiger partial charge >= 0.3 is 6.03 Å². The standard InChI is InChI=1S/C21H20N4O3S/c1-29(27,28)19-6-4-14(5-7-19)16-10-17(12-23-11-16)18-9-15-3-2-8-25(21(22)26)20(15)24-13-18/h4-7,9-13H,2-3,8H2,1H3,(H2,22,26). The summed E-state index contributed by atoms with van der Waals surface area (Å²) in [5.41, 5.74) is 9.97. The Labute approximate surface area is 169 Å². The third-order valence-electron chi connectivity index (χ3n) is 4.98. The van der Waals surface area contributed by atoms with Crippen molar-refractivity contribution >= 4 is 21.7 Å². The van der Waals surface area contributed by atoms with Crippen LogP contribution in [0, 0.1) is 0 Å². The number of aryl methyl sites for hydroxylation is 1. The van der Waals surface area contributed by atoms with Gasteiger partial charge in [0.2, 0.25) is 0 Å². The molecule has 0 atom stereocenters. The maximum absolute atomic E-state index is 11.7. The number of carbonyl (C=O) groups is 1. The Kier molecular flexibility index (Phi) is 4.79. The van der Waals surface area contributed by atoms with Gasteiger partial charge in [-0.25, -0.2) is 18.2 Å². The third-order valence-corrected chi connectivity index (χ3v) is 6.11. The van der Waals surface area contributed by atoms with E-state index in [-0.39, 0.29) is 4.90 Å². The SMILES string of the molecule is CS(=O)(=O)c1ccc(-c2cncc(-c3cnc4c(c3)CCCN4C(N)=O)c2)cc1. The predicted octanol–water partition coefficient (Wildman–Crippen LogP) is 3.05. The molecular weight excluding hydrogens is 388 g/mol. The molecule has 2 aromatic heterocycles. The summed E-state index contributed by atoms with van der Waals surface area (Å²) >= 11 is 0. The summed E-state index contributed by atoms with van der Waals surface area (Å²) in [5, 5.41) is 0. The summed E-state index contributed by atoms with van der Waals surface area (Å²) in [4.78, 5) is 22.2. The van der Waals surface area contributed by atoms with Crippen LogP contribution in [0.4, 0.5) is 10.6 Å². The van der Waals surface area contributed by atoms with Crippen molar-refractivity contribution in [3.8, 4) is 22.3 Å². The number of nitrogens with zero attached hydrogens (tertiary/aromatic N) is 3. The highest BCUT2D eigenvalue weighted by molar-refractivity contribution is 7.90. The number of pyridine rings is 2. The summed E-state index contributed by atoms with van der Waals surface area (Å²) in [7, 11) is -3.23. The Bertz CT molecular complexity index is 1190. The summed E-state index contributed by atoms with van der Waals surface area (Å²) in [5.74, 6) is 0.618. The number of primary amides is 1. The van der Waals surface area contributed by atoms with Gasteiger partial charge in [0, 0.05) is 48.1 Å². The smallest absolute Gasteiger partial charge is 0.320 e. The van der Waals surface area contributed by atoms with Crippen molar-refractivity contribution in [1.29, 1.82) is 0 Å². The van der Waals surface area contributed by atoms with Gasteiger partial charge in [-0.05, 0) is 48.2 Å². The fourth-order valence-corrected chi connectivity index (χ4v) is 4.12. The van der Waals surface area contributed by atoms with Gasteiger partial charge in [0.1, 0.15) is 5.82 Å². The maximum Gasteiger partial charge on any atom is 0.320 e. The molecule has 29 heavy (non-hydrogen) atoms. The molecule has 0 aliphatic carbocycles. The van der Waals surface area contributed by atoms with Gasteiger partial charge < -0.3 is 5.73 Å². The lowest BCUT2D eigenvalue weighted by Crippen LogP contribution is -2.40. The number of anilines is 1. The van der Waals surface area contributed by atoms with Gasteiger partial charge in [-0.2, -0.15) is 0 Å². The molecule has 7 nitrogen and oxygen atoms in total. The van der Waals surface area contributed by atoms with Crippen LogP contribution < -0.4 is 10.6 Å². The predicted molar refractivity (Wildman–Crippen MR) is 111 cm³/mol. The zero-order valence-corrected chi connectivity index (χ0v) is 16.7. The average Bonchev–Trinajstić information content (AvgIpc) is 2.72. The van der Waals surface area contributed by atoms with E-state index in [2.05, 4.69) is 9.97 Å². The van der Waals surface area contributed by atoms with Crippen LogP contribution in [0.2, 0.25) is 0 Å². The van der Waals surface area contributed by atoms with E-state index in [0.717, 1.165) is 40.7 Å². The first-order valence-electron chi connectivity index (χ1n) is 9.15. The van der Waals surface area contributed by atoms with E-state index < -0.39 is 15.9 Å². The first-order valence-corrected chi connectivity index (χ1v) is 11.0. The molecule has 0 radical (unpaired) electrons. The molecule has 8 heteroatoms. The molecule has 2 amide bonds. The van der Waals surface area contributed by atoms with Crippen molar-refractivity contribution in [1.82, 2.24) is 9.97 Å². The van der Waals surface area contributed by atoms with Crippen LogP contribution in [-0.4, -0.2) is 37.2 Å². The minimum absolute atomic E-state index is 0.281. The second kappa shape index (κ2) is 7.29. The Balaban J connectivity index is 1.68. The van der Waals surface area contributed by atoms with Crippen molar-refractivity contribution in [2.45, 2.75) is 17.7 Å². The molecule has 0 fully saturated rings. The highest BCUT2D eigenvalue weighted by Gasteiger charge is 2.22. The molecular formula is C21H20N4O3S. The van der Waals surface area contributed by atoms with Gasteiger partial charge in [0.15, 0.2) is 9.84 Å². The van der Waals surface area contributed by atoms with Crippen LogP contribution in [0.15, 0.2) is 59.9 Å². The number of amides is 2. The van der Waals surface area contributed by atoms with Gasteiger partial charge in [-0.15, -0.1) is 0 Å². The lowest BCUT2D eigenvalue weighted by atomic mass is 9.99. The van der Waals surface area contributed by atoms with E-state index in [9.17, 15) is 13.2 Å². The van der Waals surface area contributed by atoms with E-state index in [1.807, 2.05) is 12.1 Å². The molecule has 2 N–H and O–H groups in total. The van der Waals surface area contributed by atoms with Crippen LogP contribution in [0.5, 0.6) is 0 Å². The lowest BCUT2D eigenvalue weighted by Gasteiger charge is -2.26. The number of sulfone groups is 1. The summed E-state index contributed by atoms with van der Waals surface area (Å²) in [6.07, 6.45) is 8.07. The number of urea groups is 1. The molecule has 0 saturated carbocycles. The van der Waals surface area contributed by atoms with Crippen molar-refractivity contribution in [2.24, 2.45) is 5.73 Å². The summed E-state index contributed by atoms with van der Waals surface area (Å²) in [6, 6.07) is 10.2. The number of hydrogen-bond acceptors (Lipinski definition) is 5. The highest BCUT2D eigenvalue weighted by Crippen LogP contribution is 2.31. The van der Waals surface area contributed by atoms with Gasteiger partial charge in [-0.1, -0.05) is 12.1 Å². The van der Waals surface area contributed by atoms with E-state index in [1.165, 1.54) is 11.2 Å². The first kappa shape index (κ1) is 19.1. The second-order valence-electron chi connectivity index (χ2n) is 7.06. The van der Waals surface area contributed by atoms with Crippen molar-refractivity contribution in [3.63, 3.8) is 0 Å². The highest BCUT2D eigenvalue weighted by atomic mass is 32.2. The summed E-state index contributed by atoms with van der Waals surface area (Å²) < 4.78 is 23.3. The molecule has 4 rings (SSSR count). The van der Waals surface area contributed by atoms with Gasteiger partial charge in [0.05, 0.1) is 4.90 Å². The minimum atomic E-state index is -3.23. The van der Waals surface area contributed by atoms with E-state index >= 15 is 0 Å². The third kappa shape index (κ3) is 3.84. The Morgan fingerprint density at radius 3 is 2.31 bits per heavy atom. The monoisotopic (exact) mass is 408 g/mol. The molecule has 0 unspecified atom stereocenters.